The number of sulfonamides is 1. The Balaban J connectivity index is 2.62. The molecule has 1 aromatic heterocycles. The first kappa shape index (κ1) is 15.8. The van der Waals surface area contributed by atoms with Gasteiger partial charge < -0.3 is 5.32 Å². The van der Waals surface area contributed by atoms with Crippen molar-refractivity contribution in [2.24, 2.45) is 0 Å². The van der Waals surface area contributed by atoms with Gasteiger partial charge in [-0.3, -0.25) is 0 Å². The van der Waals surface area contributed by atoms with E-state index in [1.807, 2.05) is 0 Å². The highest BCUT2D eigenvalue weighted by atomic mass is 35.5. The summed E-state index contributed by atoms with van der Waals surface area (Å²) < 4.78 is 25.1. The summed E-state index contributed by atoms with van der Waals surface area (Å²) in [5, 5.41) is 3.43. The van der Waals surface area contributed by atoms with Crippen LogP contribution in [0.3, 0.4) is 0 Å². The summed E-state index contributed by atoms with van der Waals surface area (Å²) in [6.45, 7) is 2.23. The van der Waals surface area contributed by atoms with E-state index in [4.69, 9.17) is 34.8 Å². The lowest BCUT2D eigenvalue weighted by atomic mass is 10.4. The third-order valence-corrected chi connectivity index (χ3v) is 4.35. The van der Waals surface area contributed by atoms with Gasteiger partial charge in [-0.1, -0.05) is 41.7 Å². The van der Waals surface area contributed by atoms with Crippen LogP contribution in [-0.4, -0.2) is 32.2 Å². The third-order valence-electron chi connectivity index (χ3n) is 1.91. The highest BCUT2D eigenvalue weighted by Gasteiger charge is 2.10. The summed E-state index contributed by atoms with van der Waals surface area (Å²) in [5.41, 5.74) is 0. The molecule has 0 bridgehead atoms. The molecule has 1 heterocycles. The van der Waals surface area contributed by atoms with Crippen LogP contribution in [0, 0.1) is 0 Å². The molecular weight excluding hydrogens is 321 g/mol. The summed E-state index contributed by atoms with van der Waals surface area (Å²) in [6.07, 6.45) is 0. The second-order valence-corrected chi connectivity index (χ2v) is 6.43. The van der Waals surface area contributed by atoms with Gasteiger partial charge in [-0.15, -0.1) is 0 Å². The van der Waals surface area contributed by atoms with Crippen molar-refractivity contribution in [1.82, 2.24) is 9.71 Å². The lowest BCUT2D eigenvalue weighted by molar-refractivity contribution is 0.584. The molecule has 0 amide bonds. The predicted molar refractivity (Wildman–Crippen MR) is 75.2 cm³/mol. The van der Waals surface area contributed by atoms with Gasteiger partial charge in [-0.2, -0.15) is 0 Å². The molecule has 0 atom stereocenters. The van der Waals surface area contributed by atoms with Gasteiger partial charge in [-0.25, -0.2) is 18.1 Å². The van der Waals surface area contributed by atoms with Gasteiger partial charge in [0.15, 0.2) is 0 Å². The fraction of sp³-hybridized carbons (Fsp3) is 0.444. The molecule has 0 aliphatic heterocycles. The topological polar surface area (TPSA) is 71.1 Å². The minimum atomic E-state index is -3.28. The molecule has 102 valence electrons. The van der Waals surface area contributed by atoms with Crippen molar-refractivity contribution in [3.63, 3.8) is 0 Å². The van der Waals surface area contributed by atoms with Crippen LogP contribution in [0.2, 0.25) is 15.2 Å². The van der Waals surface area contributed by atoms with Crippen LogP contribution in [-0.2, 0) is 10.0 Å². The van der Waals surface area contributed by atoms with Crippen LogP contribution >= 0.6 is 34.8 Å². The molecule has 2 N–H and O–H groups in total. The Morgan fingerprint density at radius 2 is 1.94 bits per heavy atom. The summed E-state index contributed by atoms with van der Waals surface area (Å²) in [4.78, 5) is 3.91. The van der Waals surface area contributed by atoms with Crippen molar-refractivity contribution in [2.45, 2.75) is 6.92 Å². The van der Waals surface area contributed by atoms with E-state index in [1.165, 1.54) is 6.07 Å². The van der Waals surface area contributed by atoms with E-state index >= 15 is 0 Å². The van der Waals surface area contributed by atoms with Crippen molar-refractivity contribution >= 4 is 50.6 Å². The third kappa shape index (κ3) is 4.78. The first-order chi connectivity index (χ1) is 8.35. The average molecular weight is 333 g/mol. The first-order valence-corrected chi connectivity index (χ1v) is 7.87. The molecule has 1 rings (SSSR count). The predicted octanol–water partition coefficient (Wildman–Crippen LogP) is 2.39. The largest absolute Gasteiger partial charge is 0.368 e. The molecule has 0 saturated heterocycles. The molecule has 1 aromatic rings. The molecule has 5 nitrogen and oxygen atoms in total. The zero-order valence-electron chi connectivity index (χ0n) is 9.50. The monoisotopic (exact) mass is 331 g/mol. The molecular formula is C9H12Cl3N3O2S. The maximum atomic E-state index is 11.4. The van der Waals surface area contributed by atoms with E-state index in [9.17, 15) is 8.42 Å². The molecule has 0 fully saturated rings. The second kappa shape index (κ2) is 6.77. The number of halogens is 3. The van der Waals surface area contributed by atoms with Crippen LogP contribution in [0.1, 0.15) is 6.92 Å². The van der Waals surface area contributed by atoms with Gasteiger partial charge in [0.25, 0.3) is 0 Å². The van der Waals surface area contributed by atoms with E-state index in [0.717, 1.165) is 0 Å². The SMILES string of the molecule is CCNS(=O)(=O)CCNc1nc(Cl)c(Cl)cc1Cl. The first-order valence-electron chi connectivity index (χ1n) is 5.08. The van der Waals surface area contributed by atoms with Crippen LogP contribution in [0.4, 0.5) is 5.82 Å². The quantitative estimate of drug-likeness (QED) is 0.785. The Labute approximate surface area is 121 Å². The van der Waals surface area contributed by atoms with Crippen LogP contribution < -0.4 is 10.0 Å². The number of aromatic nitrogens is 1. The Bertz CT molecular complexity index is 522. The molecule has 0 aromatic carbocycles. The zero-order chi connectivity index (χ0) is 13.8. The van der Waals surface area contributed by atoms with E-state index < -0.39 is 10.0 Å². The lowest BCUT2D eigenvalue weighted by Crippen LogP contribution is -2.29. The van der Waals surface area contributed by atoms with Gasteiger partial charge in [0.1, 0.15) is 11.0 Å². The van der Waals surface area contributed by atoms with E-state index in [2.05, 4.69) is 15.0 Å². The maximum absolute atomic E-state index is 11.4. The highest BCUT2D eigenvalue weighted by Crippen LogP contribution is 2.28. The standard InChI is InChI=1S/C9H12Cl3N3O2S/c1-2-14-18(16,17)4-3-13-9-7(11)5-6(10)8(12)15-9/h5,14H,2-4H2,1H3,(H,13,15). The van der Waals surface area contributed by atoms with Crippen LogP contribution in [0.5, 0.6) is 0 Å². The number of hydrogen-bond donors (Lipinski definition) is 2. The Hall–Kier alpha value is -0.270. The van der Waals surface area contributed by atoms with Gasteiger partial charge in [-0.05, 0) is 6.07 Å². The molecule has 0 saturated carbocycles. The summed E-state index contributed by atoms with van der Waals surface area (Å²) >= 11 is 17.3. The fourth-order valence-electron chi connectivity index (χ4n) is 1.16. The Kier molecular flexibility index (Phi) is 5.94. The molecule has 9 heteroatoms. The normalized spacial score (nSPS) is 11.6. The van der Waals surface area contributed by atoms with Gasteiger partial charge in [0, 0.05) is 13.1 Å². The summed E-state index contributed by atoms with van der Waals surface area (Å²) in [5.74, 6) is 0.219. The molecule has 0 spiro atoms. The lowest BCUT2D eigenvalue weighted by Gasteiger charge is -2.09. The van der Waals surface area contributed by atoms with E-state index in [1.54, 1.807) is 6.92 Å². The minimum Gasteiger partial charge on any atom is -0.368 e. The number of nitrogens with zero attached hydrogens (tertiary/aromatic N) is 1. The minimum absolute atomic E-state index is 0.0842. The van der Waals surface area contributed by atoms with Crippen LogP contribution in [0.15, 0.2) is 6.07 Å². The van der Waals surface area contributed by atoms with Crippen molar-refractivity contribution < 1.29 is 8.42 Å². The second-order valence-electron chi connectivity index (χ2n) is 3.33. The summed E-state index contributed by atoms with van der Waals surface area (Å²) in [6, 6.07) is 1.44. The zero-order valence-corrected chi connectivity index (χ0v) is 12.6. The summed E-state index contributed by atoms with van der Waals surface area (Å²) in [7, 11) is -3.28. The molecule has 18 heavy (non-hydrogen) atoms. The van der Waals surface area contributed by atoms with E-state index in [0.29, 0.717) is 12.4 Å². The van der Waals surface area contributed by atoms with E-state index in [-0.39, 0.29) is 27.5 Å². The fourth-order valence-corrected chi connectivity index (χ4v) is 2.68. The van der Waals surface area contributed by atoms with Gasteiger partial charge >= 0.3 is 0 Å². The number of pyridine rings is 1. The van der Waals surface area contributed by atoms with Crippen molar-refractivity contribution in [1.29, 1.82) is 0 Å². The number of nitrogens with one attached hydrogen (secondary N) is 2. The number of hydrogen-bond acceptors (Lipinski definition) is 4. The average Bonchev–Trinajstić information content (AvgIpc) is 2.25. The molecule has 0 unspecified atom stereocenters. The van der Waals surface area contributed by atoms with Crippen LogP contribution in [0.25, 0.3) is 0 Å². The van der Waals surface area contributed by atoms with Crippen molar-refractivity contribution in [3.05, 3.63) is 21.3 Å². The molecule has 0 radical (unpaired) electrons. The Morgan fingerprint density at radius 1 is 1.28 bits per heavy atom. The van der Waals surface area contributed by atoms with Crippen molar-refractivity contribution in [3.8, 4) is 0 Å². The maximum Gasteiger partial charge on any atom is 0.213 e. The van der Waals surface area contributed by atoms with Gasteiger partial charge in [0.2, 0.25) is 10.0 Å². The number of anilines is 1. The van der Waals surface area contributed by atoms with Crippen molar-refractivity contribution in [2.75, 3.05) is 24.2 Å². The highest BCUT2D eigenvalue weighted by molar-refractivity contribution is 7.89. The smallest absolute Gasteiger partial charge is 0.213 e. The number of rotatable bonds is 6. The Morgan fingerprint density at radius 3 is 2.56 bits per heavy atom. The molecule has 0 aliphatic carbocycles. The van der Waals surface area contributed by atoms with Gasteiger partial charge in [0.05, 0.1) is 15.8 Å². The molecule has 0 aliphatic rings.